The molecule has 0 bridgehead atoms. The molecule has 3 N–H and O–H groups in total. The Morgan fingerprint density at radius 1 is 1.02 bits per heavy atom. The lowest BCUT2D eigenvalue weighted by molar-refractivity contribution is -0.274. The summed E-state index contributed by atoms with van der Waals surface area (Å²) in [6.45, 7) is 5.88. The molecule has 0 radical (unpaired) electrons. The highest BCUT2D eigenvalue weighted by atomic mass is 32.2. The number of nitrogens with zero attached hydrogens (tertiary/aromatic N) is 4. The number of halogens is 3. The van der Waals surface area contributed by atoms with Crippen molar-refractivity contribution in [2.24, 2.45) is 25.8 Å². The normalized spacial score (nSPS) is 12.5. The predicted molar refractivity (Wildman–Crippen MR) is 174 cm³/mol. The minimum Gasteiger partial charge on any atom is -0.497 e. The van der Waals surface area contributed by atoms with Crippen molar-refractivity contribution in [2.75, 3.05) is 26.3 Å². The number of methoxy groups -OCH3 is 1. The molecule has 11 nitrogen and oxygen atoms in total. The van der Waals surface area contributed by atoms with Crippen LogP contribution in [-0.2, 0) is 14.3 Å². The van der Waals surface area contributed by atoms with E-state index in [4.69, 9.17) is 24.9 Å². The first-order valence-electron chi connectivity index (χ1n) is 13.7. The number of esters is 1. The van der Waals surface area contributed by atoms with Crippen LogP contribution < -0.4 is 20.6 Å². The van der Waals surface area contributed by atoms with Crippen molar-refractivity contribution >= 4 is 52.7 Å². The van der Waals surface area contributed by atoms with Crippen LogP contribution in [0.25, 0.3) is 0 Å². The van der Waals surface area contributed by atoms with Crippen LogP contribution in [0.1, 0.15) is 29.2 Å². The molecule has 3 rings (SSSR count). The molecular formula is C31H33F3N6O5S. The molecule has 0 fully saturated rings. The Balaban J connectivity index is 1.66. The summed E-state index contributed by atoms with van der Waals surface area (Å²) in [5.41, 5.74) is 13.2. The number of hydrogen-bond donors (Lipinski definition) is 2. The number of hydrogen-bond acceptors (Lipinski definition) is 9. The van der Waals surface area contributed by atoms with Gasteiger partial charge in [0.05, 0.1) is 24.7 Å². The third-order valence-corrected chi connectivity index (χ3v) is 6.50. The van der Waals surface area contributed by atoms with Crippen molar-refractivity contribution in [1.82, 2.24) is 5.43 Å². The first-order valence-corrected chi connectivity index (χ1v) is 14.7. The lowest BCUT2D eigenvalue weighted by Gasteiger charge is -2.11. The molecule has 0 unspecified atom stereocenters. The smallest absolute Gasteiger partial charge is 0.497 e. The van der Waals surface area contributed by atoms with E-state index in [1.165, 1.54) is 18.5 Å². The summed E-state index contributed by atoms with van der Waals surface area (Å²) >= 11 is 1.15. The molecule has 0 spiro atoms. The largest absolute Gasteiger partial charge is 0.573 e. The minimum absolute atomic E-state index is 0.00406. The number of thioether (sulfide) groups is 1. The quantitative estimate of drug-likeness (QED) is 0.0732. The summed E-state index contributed by atoms with van der Waals surface area (Å²) in [4.78, 5) is 24.7. The van der Waals surface area contributed by atoms with Crippen LogP contribution in [-0.4, -0.2) is 62.2 Å². The van der Waals surface area contributed by atoms with Crippen LogP contribution in [0.15, 0.2) is 80.7 Å². The van der Waals surface area contributed by atoms with Gasteiger partial charge in [-0.1, -0.05) is 24.3 Å². The van der Waals surface area contributed by atoms with Gasteiger partial charge in [0.2, 0.25) is 0 Å². The van der Waals surface area contributed by atoms with E-state index in [0.29, 0.717) is 28.8 Å². The lowest BCUT2D eigenvalue weighted by atomic mass is 10.1. The summed E-state index contributed by atoms with van der Waals surface area (Å²) in [6.07, 6.45) is -1.99. The third kappa shape index (κ3) is 12.2. The molecule has 0 aromatic heterocycles. The number of benzene rings is 3. The number of rotatable bonds is 13. The maximum atomic E-state index is 12.3. The fourth-order valence-electron chi connectivity index (χ4n) is 3.65. The molecule has 46 heavy (non-hydrogen) atoms. The van der Waals surface area contributed by atoms with E-state index in [1.807, 2.05) is 26.0 Å². The molecule has 15 heteroatoms. The van der Waals surface area contributed by atoms with Crippen molar-refractivity contribution in [3.05, 3.63) is 82.9 Å². The minimum atomic E-state index is -4.77. The second kappa shape index (κ2) is 17.6. The van der Waals surface area contributed by atoms with Crippen LogP contribution in [0.2, 0.25) is 0 Å². The first kappa shape index (κ1) is 35.6. The van der Waals surface area contributed by atoms with E-state index in [2.05, 4.69) is 25.2 Å². The van der Waals surface area contributed by atoms with Crippen molar-refractivity contribution < 1.29 is 36.9 Å². The maximum Gasteiger partial charge on any atom is 0.573 e. The van der Waals surface area contributed by atoms with Crippen molar-refractivity contribution in [2.45, 2.75) is 27.1 Å². The molecule has 244 valence electrons. The van der Waals surface area contributed by atoms with Crippen molar-refractivity contribution in [1.29, 1.82) is 0 Å². The average Bonchev–Trinajstić information content (AvgIpc) is 3.01. The summed E-state index contributed by atoms with van der Waals surface area (Å²) in [5.74, 6) is 0.0510. The van der Waals surface area contributed by atoms with Crippen LogP contribution >= 0.6 is 11.8 Å². The van der Waals surface area contributed by atoms with Crippen LogP contribution in [0.4, 0.5) is 24.5 Å². The molecular weight excluding hydrogens is 625 g/mol. The molecule has 0 aliphatic rings. The lowest BCUT2D eigenvalue weighted by Crippen LogP contribution is -2.18. The number of amidine groups is 2. The van der Waals surface area contributed by atoms with Gasteiger partial charge in [0.25, 0.3) is 0 Å². The molecule has 3 aromatic rings. The zero-order chi connectivity index (χ0) is 33.5. The van der Waals surface area contributed by atoms with Gasteiger partial charge in [0, 0.05) is 12.2 Å². The van der Waals surface area contributed by atoms with E-state index in [0.717, 1.165) is 46.3 Å². The predicted octanol–water partition coefficient (Wildman–Crippen LogP) is 6.16. The van der Waals surface area contributed by atoms with E-state index in [1.54, 1.807) is 44.5 Å². The van der Waals surface area contributed by atoms with E-state index in [-0.39, 0.29) is 24.1 Å². The van der Waals surface area contributed by atoms with Gasteiger partial charge in [-0.05, 0) is 85.6 Å². The summed E-state index contributed by atoms with van der Waals surface area (Å²) in [6, 6.07) is 15.8. The molecule has 0 saturated carbocycles. The van der Waals surface area contributed by atoms with Crippen LogP contribution in [0.5, 0.6) is 11.5 Å². The fourth-order valence-corrected chi connectivity index (χ4v) is 4.22. The maximum absolute atomic E-state index is 12.3. The summed E-state index contributed by atoms with van der Waals surface area (Å²) in [5, 5.41) is 4.69. The zero-order valence-electron chi connectivity index (χ0n) is 25.5. The standard InChI is InChI=1S/C31H33F3N6O5S/c1-5-43-17-27(41)44-19-46-30(39-28-20(2)14-26(42-4)15-21(28)3)40-38-16-22-6-8-23(9-7-22)29(35)37-18-36-24-10-12-25(13-11-24)45-31(32,33)34/h6-16,18H,5,17,19H2,1-4H3,(H,39,40)(H2,35,36,37)/b38-16-. The fraction of sp³-hybridized carbons (Fsp3) is 0.258. The van der Waals surface area contributed by atoms with Gasteiger partial charge in [-0.3, -0.25) is 5.43 Å². The topological polar surface area (TPSA) is 141 Å². The highest BCUT2D eigenvalue weighted by Gasteiger charge is 2.30. The molecule has 0 heterocycles. The van der Waals surface area contributed by atoms with Gasteiger partial charge in [-0.15, -0.1) is 13.2 Å². The number of ether oxygens (including phenoxy) is 4. The monoisotopic (exact) mass is 658 g/mol. The molecule has 0 atom stereocenters. The van der Waals surface area contributed by atoms with Gasteiger partial charge in [-0.25, -0.2) is 19.8 Å². The van der Waals surface area contributed by atoms with Crippen molar-refractivity contribution in [3.8, 4) is 11.5 Å². The third-order valence-electron chi connectivity index (χ3n) is 5.81. The van der Waals surface area contributed by atoms with Crippen LogP contribution in [0, 0.1) is 13.8 Å². The van der Waals surface area contributed by atoms with E-state index >= 15 is 0 Å². The Bertz CT molecular complexity index is 1550. The number of nitrogens with two attached hydrogens (primary N) is 1. The molecule has 0 saturated heterocycles. The average molecular weight is 659 g/mol. The van der Waals surface area contributed by atoms with Gasteiger partial charge in [-0.2, -0.15) is 5.10 Å². The van der Waals surface area contributed by atoms with E-state index in [9.17, 15) is 18.0 Å². The number of alkyl halides is 3. The van der Waals surface area contributed by atoms with Gasteiger partial charge in [0.1, 0.15) is 36.2 Å². The number of aliphatic imine (C=N–C) groups is 3. The first-order chi connectivity index (χ1) is 22.0. The Hall–Kier alpha value is -4.89. The second-order valence-corrected chi connectivity index (χ2v) is 10.1. The van der Waals surface area contributed by atoms with Crippen LogP contribution in [0.3, 0.4) is 0 Å². The molecule has 0 aliphatic carbocycles. The SMILES string of the molecule is CCOCC(=O)OCSC(=Nc1c(C)cc(OC)cc1C)N/N=C\c1ccc(C(N)=NC=Nc2ccc(OC(F)(F)F)cc2)cc1. The van der Waals surface area contributed by atoms with Gasteiger partial charge < -0.3 is 24.7 Å². The number of hydrazone groups is 1. The van der Waals surface area contributed by atoms with Gasteiger partial charge in [0.15, 0.2) is 5.17 Å². The van der Waals surface area contributed by atoms with Gasteiger partial charge >= 0.3 is 12.3 Å². The summed E-state index contributed by atoms with van der Waals surface area (Å²) < 4.78 is 56.4. The number of aryl methyl sites for hydroxylation is 2. The molecule has 0 amide bonds. The Labute approximate surface area is 268 Å². The number of carbonyl (C=O) groups is 1. The Morgan fingerprint density at radius 3 is 2.30 bits per heavy atom. The van der Waals surface area contributed by atoms with Crippen molar-refractivity contribution in [3.63, 3.8) is 0 Å². The Kier molecular flexibility index (Phi) is 13.6. The number of carbonyl (C=O) groups excluding carboxylic acids is 1. The summed E-state index contributed by atoms with van der Waals surface area (Å²) in [7, 11) is 1.60. The zero-order valence-corrected chi connectivity index (χ0v) is 26.3. The number of nitrogens with one attached hydrogen (secondary N) is 1. The molecule has 3 aromatic carbocycles. The molecule has 0 aliphatic heterocycles. The highest BCUT2D eigenvalue weighted by molar-refractivity contribution is 8.13. The highest BCUT2D eigenvalue weighted by Crippen LogP contribution is 2.29. The van der Waals surface area contributed by atoms with E-state index < -0.39 is 12.3 Å². The second-order valence-electron chi connectivity index (χ2n) is 9.24. The Morgan fingerprint density at radius 2 is 1.70 bits per heavy atom.